The number of benzene rings is 9. The highest BCUT2D eigenvalue weighted by Gasteiger charge is 2.26. The minimum atomic E-state index is -0.0873. The second-order valence-corrected chi connectivity index (χ2v) is 16.0. The van der Waals surface area contributed by atoms with Crippen LogP contribution in [0.3, 0.4) is 0 Å². The Labute approximate surface area is 351 Å². The van der Waals surface area contributed by atoms with Gasteiger partial charge in [-0.25, -0.2) is 4.99 Å². The highest BCUT2D eigenvalue weighted by atomic mass is 16.3. The number of nitrogens with zero attached hydrogens (tertiary/aromatic N) is 3. The van der Waals surface area contributed by atoms with Crippen LogP contribution in [-0.4, -0.2) is 15.0 Å². The van der Waals surface area contributed by atoms with Crippen LogP contribution in [-0.2, 0) is 0 Å². The van der Waals surface area contributed by atoms with Crippen LogP contribution in [0.2, 0.25) is 0 Å². The zero-order chi connectivity index (χ0) is 40.0. The summed E-state index contributed by atoms with van der Waals surface area (Å²) >= 11 is 0. The molecule has 0 aliphatic carbocycles. The fourth-order valence-corrected chi connectivity index (χ4v) is 9.78. The molecule has 0 bridgehead atoms. The molecule has 0 radical (unpaired) electrons. The van der Waals surface area contributed by atoms with Gasteiger partial charge in [-0.1, -0.05) is 140 Å². The number of aliphatic imine (C=N–C) groups is 1. The van der Waals surface area contributed by atoms with Crippen molar-refractivity contribution in [3.05, 3.63) is 223 Å². The van der Waals surface area contributed by atoms with Crippen LogP contribution >= 0.6 is 0 Å². The first kappa shape index (κ1) is 33.8. The molecule has 1 unspecified atom stereocenters. The van der Waals surface area contributed by atoms with E-state index in [0.29, 0.717) is 0 Å². The maximum atomic E-state index is 6.96. The molecular weight excluding hydrogens is 745 g/mol. The van der Waals surface area contributed by atoms with Crippen molar-refractivity contribution in [3.8, 4) is 22.5 Å². The molecular formula is C56H36N4O. The van der Waals surface area contributed by atoms with Gasteiger partial charge in [0.25, 0.3) is 0 Å². The van der Waals surface area contributed by atoms with Crippen molar-refractivity contribution in [1.82, 2.24) is 14.5 Å². The molecule has 4 heterocycles. The van der Waals surface area contributed by atoms with Gasteiger partial charge in [-0.15, -0.1) is 0 Å². The molecule has 0 fully saturated rings. The summed E-state index contributed by atoms with van der Waals surface area (Å²) in [7, 11) is 0. The van der Waals surface area contributed by atoms with E-state index < -0.39 is 0 Å². The van der Waals surface area contributed by atoms with Crippen molar-refractivity contribution in [3.63, 3.8) is 0 Å². The first-order chi connectivity index (χ1) is 30.2. The van der Waals surface area contributed by atoms with Crippen LogP contribution in [0.25, 0.3) is 88.1 Å². The summed E-state index contributed by atoms with van der Waals surface area (Å²) in [5.74, 6) is 0.863. The van der Waals surface area contributed by atoms with Crippen molar-refractivity contribution in [2.24, 2.45) is 4.99 Å². The average molecular weight is 781 g/mol. The highest BCUT2D eigenvalue weighted by Crippen LogP contribution is 2.42. The van der Waals surface area contributed by atoms with Crippen LogP contribution < -0.4 is 5.32 Å². The number of furan rings is 1. The minimum absolute atomic E-state index is 0.0873. The normalized spacial score (nSPS) is 14.0. The number of fused-ring (bicyclic) bond motifs is 10. The lowest BCUT2D eigenvalue weighted by Crippen LogP contribution is -2.32. The Morgan fingerprint density at radius 3 is 1.79 bits per heavy atom. The molecule has 5 heteroatoms. The van der Waals surface area contributed by atoms with Crippen molar-refractivity contribution >= 4 is 77.1 Å². The molecule has 1 N–H and O–H groups in total. The molecule has 1 aliphatic rings. The van der Waals surface area contributed by atoms with E-state index >= 15 is 0 Å². The van der Waals surface area contributed by atoms with E-state index in [2.05, 4.69) is 215 Å². The molecule has 0 saturated carbocycles. The zero-order valence-corrected chi connectivity index (χ0v) is 33.0. The Bertz CT molecular complexity index is 3740. The van der Waals surface area contributed by atoms with E-state index in [1.807, 2.05) is 6.07 Å². The third kappa shape index (κ3) is 5.17. The molecule has 3 aromatic heterocycles. The highest BCUT2D eigenvalue weighted by molar-refractivity contribution is 6.14. The Morgan fingerprint density at radius 1 is 0.426 bits per heavy atom. The summed E-state index contributed by atoms with van der Waals surface area (Å²) < 4.78 is 11.7. The van der Waals surface area contributed by atoms with Crippen LogP contribution in [0, 0.1) is 0 Å². The number of aromatic nitrogens is 2. The van der Waals surface area contributed by atoms with Crippen molar-refractivity contribution in [2.45, 2.75) is 6.04 Å². The molecule has 1 atom stereocenters. The standard InChI is InChI=1S/C56H36N4O/c1-3-14-35(15-4-1)56-57-47-22-10-7-20-44(47)54(58-56)38-26-29-42-43-21-13-25-52(55(43)61-53(42)34-38)60-49-24-12-9-19-41(49)46-33-37(28-31-51(46)60)36-27-30-50-45(32-36)40-18-8-11-23-48(40)59(50)39-16-5-2-6-17-39/h1-34,54H,(H,57,58). The van der Waals surface area contributed by atoms with Gasteiger partial charge in [0, 0.05) is 49.1 Å². The molecule has 61 heavy (non-hydrogen) atoms. The molecule has 5 nitrogen and oxygen atoms in total. The van der Waals surface area contributed by atoms with E-state index in [4.69, 9.17) is 9.41 Å². The molecule has 286 valence electrons. The number of para-hydroxylation sites is 5. The summed E-state index contributed by atoms with van der Waals surface area (Å²) in [6.07, 6.45) is 0. The molecule has 9 aromatic carbocycles. The summed E-state index contributed by atoms with van der Waals surface area (Å²) in [5, 5.41) is 10.8. The van der Waals surface area contributed by atoms with Gasteiger partial charge in [0.1, 0.15) is 11.4 Å². The predicted molar refractivity (Wildman–Crippen MR) is 252 cm³/mol. The van der Waals surface area contributed by atoms with Crippen molar-refractivity contribution < 1.29 is 4.42 Å². The SMILES string of the molecule is c1ccc(C2=Nc3ccccc3C(c3ccc4c(c3)oc3c(-n5c6ccccc6c6cc(-c7ccc8c(c7)c7ccccc7n8-c7ccccc7)ccc65)cccc34)N2)cc1. The lowest BCUT2D eigenvalue weighted by Gasteiger charge is -2.27. The van der Waals surface area contributed by atoms with Gasteiger partial charge in [-0.3, -0.25) is 0 Å². The number of rotatable bonds is 5. The van der Waals surface area contributed by atoms with Gasteiger partial charge < -0.3 is 18.9 Å². The summed E-state index contributed by atoms with van der Waals surface area (Å²) in [6.45, 7) is 0. The van der Waals surface area contributed by atoms with Gasteiger partial charge in [0.2, 0.25) is 0 Å². The average Bonchev–Trinajstić information content (AvgIpc) is 3.99. The van der Waals surface area contributed by atoms with Crippen molar-refractivity contribution in [2.75, 3.05) is 0 Å². The smallest absolute Gasteiger partial charge is 0.159 e. The third-order valence-corrected chi connectivity index (χ3v) is 12.6. The Kier molecular flexibility index (Phi) is 7.30. The Hall–Kier alpha value is -8.15. The number of nitrogens with one attached hydrogen (secondary N) is 1. The summed E-state index contributed by atoms with van der Waals surface area (Å²) in [5.41, 5.74) is 15.2. The first-order valence-electron chi connectivity index (χ1n) is 20.8. The summed E-state index contributed by atoms with van der Waals surface area (Å²) in [6, 6.07) is 73.7. The van der Waals surface area contributed by atoms with Crippen LogP contribution in [0.15, 0.2) is 216 Å². The van der Waals surface area contributed by atoms with Crippen LogP contribution in [0.1, 0.15) is 22.7 Å². The van der Waals surface area contributed by atoms with Gasteiger partial charge >= 0.3 is 0 Å². The van der Waals surface area contributed by atoms with Gasteiger partial charge in [-0.05, 0) is 83.4 Å². The molecule has 12 aromatic rings. The Morgan fingerprint density at radius 2 is 1.03 bits per heavy atom. The Balaban J connectivity index is 0.938. The monoisotopic (exact) mass is 780 g/mol. The maximum Gasteiger partial charge on any atom is 0.159 e. The van der Waals surface area contributed by atoms with E-state index in [0.717, 1.165) is 72.6 Å². The third-order valence-electron chi connectivity index (χ3n) is 12.6. The largest absolute Gasteiger partial charge is 0.454 e. The number of hydrogen-bond donors (Lipinski definition) is 1. The topological polar surface area (TPSA) is 47.4 Å². The van der Waals surface area contributed by atoms with Crippen LogP contribution in [0.5, 0.6) is 0 Å². The molecule has 0 saturated heterocycles. The zero-order valence-electron chi connectivity index (χ0n) is 33.0. The van der Waals surface area contributed by atoms with Gasteiger partial charge in [-0.2, -0.15) is 0 Å². The maximum absolute atomic E-state index is 6.96. The predicted octanol–water partition coefficient (Wildman–Crippen LogP) is 14.2. The van der Waals surface area contributed by atoms with Gasteiger partial charge in [0.05, 0.1) is 39.5 Å². The van der Waals surface area contributed by atoms with E-state index in [1.165, 1.54) is 43.7 Å². The molecule has 1 aliphatic heterocycles. The summed E-state index contributed by atoms with van der Waals surface area (Å²) in [4.78, 5) is 5.01. The van der Waals surface area contributed by atoms with Crippen molar-refractivity contribution in [1.29, 1.82) is 0 Å². The minimum Gasteiger partial charge on any atom is -0.454 e. The molecule has 0 spiro atoms. The number of hydrogen-bond acceptors (Lipinski definition) is 3. The van der Waals surface area contributed by atoms with Gasteiger partial charge in [0.15, 0.2) is 5.58 Å². The molecule has 13 rings (SSSR count). The van der Waals surface area contributed by atoms with E-state index in [1.54, 1.807) is 0 Å². The lowest BCUT2D eigenvalue weighted by molar-refractivity contribution is 0.663. The quantitative estimate of drug-likeness (QED) is 0.189. The lowest BCUT2D eigenvalue weighted by atomic mass is 9.94. The van der Waals surface area contributed by atoms with E-state index in [-0.39, 0.29) is 6.04 Å². The number of amidine groups is 1. The second-order valence-electron chi connectivity index (χ2n) is 16.0. The van der Waals surface area contributed by atoms with Crippen LogP contribution in [0.4, 0.5) is 5.69 Å². The molecule has 0 amide bonds. The first-order valence-corrected chi connectivity index (χ1v) is 20.8. The van der Waals surface area contributed by atoms with E-state index in [9.17, 15) is 0 Å². The fraction of sp³-hybridized carbons (Fsp3) is 0.0179. The second kappa shape index (κ2) is 13.2. The fourth-order valence-electron chi connectivity index (χ4n) is 9.78.